The van der Waals surface area contributed by atoms with E-state index in [1.54, 1.807) is 0 Å². The normalized spacial score (nSPS) is 12.3. The van der Waals surface area contributed by atoms with E-state index in [1.807, 2.05) is 43.3 Å². The number of carboxylic acids is 1. The third-order valence-corrected chi connectivity index (χ3v) is 2.64. The van der Waals surface area contributed by atoms with Gasteiger partial charge in [0.05, 0.1) is 6.42 Å². The van der Waals surface area contributed by atoms with Crippen LogP contribution >= 0.6 is 0 Å². The molecular formula is C14H15NO2. The molecule has 0 saturated carbocycles. The molecule has 0 fully saturated rings. The van der Waals surface area contributed by atoms with Gasteiger partial charge in [-0.25, -0.2) is 0 Å². The van der Waals surface area contributed by atoms with Gasteiger partial charge in [0.2, 0.25) is 0 Å². The molecule has 0 aliphatic carbocycles. The number of nitrogens with one attached hydrogen (secondary N) is 1. The molecule has 2 aromatic carbocycles. The van der Waals surface area contributed by atoms with Crippen LogP contribution in [0.4, 0.5) is 5.69 Å². The lowest BCUT2D eigenvalue weighted by molar-refractivity contribution is -0.137. The van der Waals surface area contributed by atoms with Crippen LogP contribution in [0.15, 0.2) is 42.5 Å². The van der Waals surface area contributed by atoms with Gasteiger partial charge in [-0.05, 0) is 29.8 Å². The second kappa shape index (κ2) is 4.87. The SMILES string of the molecule is C[C@H](CC(=O)O)Nc1ccc2ccccc2c1. The molecule has 88 valence electrons. The van der Waals surface area contributed by atoms with E-state index in [4.69, 9.17) is 5.11 Å². The van der Waals surface area contributed by atoms with Crippen molar-refractivity contribution in [3.05, 3.63) is 42.5 Å². The summed E-state index contributed by atoms with van der Waals surface area (Å²) >= 11 is 0. The summed E-state index contributed by atoms with van der Waals surface area (Å²) < 4.78 is 0. The average molecular weight is 229 g/mol. The van der Waals surface area contributed by atoms with E-state index in [0.717, 1.165) is 11.1 Å². The maximum absolute atomic E-state index is 10.6. The molecule has 0 aliphatic rings. The number of aliphatic carboxylic acids is 1. The van der Waals surface area contributed by atoms with E-state index in [-0.39, 0.29) is 12.5 Å². The van der Waals surface area contributed by atoms with Gasteiger partial charge >= 0.3 is 5.97 Å². The van der Waals surface area contributed by atoms with Crippen molar-refractivity contribution in [3.63, 3.8) is 0 Å². The highest BCUT2D eigenvalue weighted by Gasteiger charge is 2.07. The zero-order chi connectivity index (χ0) is 12.3. The van der Waals surface area contributed by atoms with Crippen LogP contribution in [0.2, 0.25) is 0 Å². The van der Waals surface area contributed by atoms with Gasteiger partial charge in [0.25, 0.3) is 0 Å². The van der Waals surface area contributed by atoms with Crippen molar-refractivity contribution in [2.45, 2.75) is 19.4 Å². The Kier molecular flexibility index (Phi) is 3.28. The van der Waals surface area contributed by atoms with Crippen molar-refractivity contribution in [1.29, 1.82) is 0 Å². The first kappa shape index (κ1) is 11.5. The van der Waals surface area contributed by atoms with Crippen LogP contribution in [0.5, 0.6) is 0 Å². The molecule has 0 heterocycles. The lowest BCUT2D eigenvalue weighted by Gasteiger charge is -2.13. The first-order valence-electron chi connectivity index (χ1n) is 5.62. The third kappa shape index (κ3) is 2.97. The zero-order valence-electron chi connectivity index (χ0n) is 9.68. The molecule has 0 spiro atoms. The molecule has 2 rings (SSSR count). The topological polar surface area (TPSA) is 49.3 Å². The molecule has 2 N–H and O–H groups in total. The van der Waals surface area contributed by atoms with E-state index in [1.165, 1.54) is 5.39 Å². The number of benzene rings is 2. The Morgan fingerprint density at radius 2 is 1.94 bits per heavy atom. The van der Waals surface area contributed by atoms with Crippen LogP contribution in [0.25, 0.3) is 10.8 Å². The third-order valence-electron chi connectivity index (χ3n) is 2.64. The van der Waals surface area contributed by atoms with Gasteiger partial charge in [0, 0.05) is 11.7 Å². The van der Waals surface area contributed by atoms with E-state index in [2.05, 4.69) is 11.4 Å². The standard InChI is InChI=1S/C14H15NO2/c1-10(8-14(16)17)15-13-7-6-11-4-2-3-5-12(11)9-13/h2-7,9-10,15H,8H2,1H3,(H,16,17)/t10-/m1/s1. The molecular weight excluding hydrogens is 214 g/mol. The van der Waals surface area contributed by atoms with Crippen LogP contribution in [-0.2, 0) is 4.79 Å². The largest absolute Gasteiger partial charge is 0.481 e. The van der Waals surface area contributed by atoms with Crippen molar-refractivity contribution >= 4 is 22.4 Å². The average Bonchev–Trinajstić information content (AvgIpc) is 2.27. The second-order valence-electron chi connectivity index (χ2n) is 4.21. The highest BCUT2D eigenvalue weighted by molar-refractivity contribution is 5.85. The molecule has 3 heteroatoms. The fourth-order valence-electron chi connectivity index (χ4n) is 1.88. The number of carboxylic acid groups (broad SMARTS) is 1. The van der Waals surface area contributed by atoms with Gasteiger partial charge in [0.1, 0.15) is 0 Å². The molecule has 0 aliphatic heterocycles. The minimum Gasteiger partial charge on any atom is -0.481 e. The lowest BCUT2D eigenvalue weighted by Crippen LogP contribution is -2.19. The fourth-order valence-corrected chi connectivity index (χ4v) is 1.88. The molecule has 2 aromatic rings. The zero-order valence-corrected chi connectivity index (χ0v) is 9.68. The Balaban J connectivity index is 2.16. The number of carbonyl (C=O) groups is 1. The monoisotopic (exact) mass is 229 g/mol. The molecule has 0 unspecified atom stereocenters. The van der Waals surface area contributed by atoms with Crippen molar-refractivity contribution in [2.75, 3.05) is 5.32 Å². The van der Waals surface area contributed by atoms with Crippen molar-refractivity contribution in [2.24, 2.45) is 0 Å². The van der Waals surface area contributed by atoms with Crippen molar-refractivity contribution < 1.29 is 9.90 Å². The molecule has 0 bridgehead atoms. The molecule has 0 amide bonds. The van der Waals surface area contributed by atoms with Gasteiger partial charge in [-0.3, -0.25) is 4.79 Å². The smallest absolute Gasteiger partial charge is 0.305 e. The van der Waals surface area contributed by atoms with Crippen LogP contribution in [0.3, 0.4) is 0 Å². The predicted octanol–water partition coefficient (Wildman–Crippen LogP) is 3.11. The Morgan fingerprint density at radius 1 is 1.24 bits per heavy atom. The molecule has 0 aromatic heterocycles. The Bertz CT molecular complexity index is 536. The molecule has 0 saturated heterocycles. The van der Waals surface area contributed by atoms with E-state index in [0.29, 0.717) is 0 Å². The Morgan fingerprint density at radius 3 is 2.65 bits per heavy atom. The Hall–Kier alpha value is -2.03. The van der Waals surface area contributed by atoms with Crippen LogP contribution in [0.1, 0.15) is 13.3 Å². The van der Waals surface area contributed by atoms with E-state index < -0.39 is 5.97 Å². The lowest BCUT2D eigenvalue weighted by atomic mass is 10.1. The first-order chi connectivity index (χ1) is 8.15. The summed E-state index contributed by atoms with van der Waals surface area (Å²) in [6, 6.07) is 14.1. The minimum absolute atomic E-state index is 0.0753. The maximum atomic E-state index is 10.6. The summed E-state index contributed by atoms with van der Waals surface area (Å²) in [5.74, 6) is -0.786. The number of hydrogen-bond donors (Lipinski definition) is 2. The number of rotatable bonds is 4. The molecule has 0 radical (unpaired) electrons. The number of anilines is 1. The molecule has 1 atom stereocenters. The van der Waals surface area contributed by atoms with Gasteiger partial charge in [0.15, 0.2) is 0 Å². The van der Waals surface area contributed by atoms with E-state index >= 15 is 0 Å². The van der Waals surface area contributed by atoms with Gasteiger partial charge < -0.3 is 10.4 Å². The summed E-state index contributed by atoms with van der Waals surface area (Å²) in [6.07, 6.45) is 0.118. The van der Waals surface area contributed by atoms with Crippen LogP contribution in [-0.4, -0.2) is 17.1 Å². The van der Waals surface area contributed by atoms with Gasteiger partial charge in [-0.1, -0.05) is 30.3 Å². The van der Waals surface area contributed by atoms with Gasteiger partial charge in [-0.2, -0.15) is 0 Å². The summed E-state index contributed by atoms with van der Waals surface area (Å²) in [7, 11) is 0. The van der Waals surface area contributed by atoms with Gasteiger partial charge in [-0.15, -0.1) is 0 Å². The maximum Gasteiger partial charge on any atom is 0.305 e. The second-order valence-corrected chi connectivity index (χ2v) is 4.21. The first-order valence-corrected chi connectivity index (χ1v) is 5.62. The summed E-state index contributed by atoms with van der Waals surface area (Å²) in [5.41, 5.74) is 0.956. The highest BCUT2D eigenvalue weighted by Crippen LogP contribution is 2.19. The van der Waals surface area contributed by atoms with Crippen molar-refractivity contribution in [1.82, 2.24) is 0 Å². The molecule has 3 nitrogen and oxygen atoms in total. The number of hydrogen-bond acceptors (Lipinski definition) is 2. The number of fused-ring (bicyclic) bond motifs is 1. The predicted molar refractivity (Wildman–Crippen MR) is 69.3 cm³/mol. The minimum atomic E-state index is -0.786. The molecule has 17 heavy (non-hydrogen) atoms. The van der Waals surface area contributed by atoms with Crippen LogP contribution < -0.4 is 5.32 Å². The van der Waals surface area contributed by atoms with Crippen molar-refractivity contribution in [3.8, 4) is 0 Å². The Labute approximate surface area is 100 Å². The van der Waals surface area contributed by atoms with E-state index in [9.17, 15) is 4.79 Å². The summed E-state index contributed by atoms with van der Waals surface area (Å²) in [4.78, 5) is 10.6. The quantitative estimate of drug-likeness (QED) is 0.846. The van der Waals surface area contributed by atoms with Crippen LogP contribution in [0, 0.1) is 0 Å². The summed E-state index contributed by atoms with van der Waals surface area (Å²) in [5, 5.41) is 14.2. The fraction of sp³-hybridized carbons (Fsp3) is 0.214. The highest BCUT2D eigenvalue weighted by atomic mass is 16.4. The summed E-state index contributed by atoms with van der Waals surface area (Å²) in [6.45, 7) is 1.86.